The Morgan fingerprint density at radius 2 is 1.95 bits per heavy atom. The molecule has 0 saturated carbocycles. The standard InChI is InChI=1S/C12H11F5O4/c1-2-19-10(18)6-7-5-8(20-11(13)14)3-4-9(7)21-12(15,16)17/h3-5,11H,2,6H2,1H3. The molecule has 0 radical (unpaired) electrons. The first kappa shape index (κ1) is 17.0. The zero-order chi connectivity index (χ0) is 16.0. The molecule has 0 spiro atoms. The average Bonchev–Trinajstić information content (AvgIpc) is 2.30. The summed E-state index contributed by atoms with van der Waals surface area (Å²) in [5.41, 5.74) is -0.274. The Kier molecular flexibility index (Phi) is 5.74. The van der Waals surface area contributed by atoms with Gasteiger partial charge in [0.05, 0.1) is 13.0 Å². The van der Waals surface area contributed by atoms with Crippen molar-refractivity contribution in [3.63, 3.8) is 0 Å². The Balaban J connectivity index is 3.02. The van der Waals surface area contributed by atoms with Gasteiger partial charge in [0.1, 0.15) is 11.5 Å². The third kappa shape index (κ3) is 6.28. The highest BCUT2D eigenvalue weighted by Crippen LogP contribution is 2.30. The highest BCUT2D eigenvalue weighted by atomic mass is 19.4. The van der Waals surface area contributed by atoms with Crippen LogP contribution in [-0.2, 0) is 16.0 Å². The second-order valence-electron chi connectivity index (χ2n) is 3.68. The largest absolute Gasteiger partial charge is 0.573 e. The lowest BCUT2D eigenvalue weighted by molar-refractivity contribution is -0.275. The predicted molar refractivity (Wildman–Crippen MR) is 60.1 cm³/mol. The van der Waals surface area contributed by atoms with Crippen molar-refractivity contribution in [2.24, 2.45) is 0 Å². The van der Waals surface area contributed by atoms with Crippen molar-refractivity contribution in [3.05, 3.63) is 23.8 Å². The number of hydrogen-bond donors (Lipinski definition) is 0. The van der Waals surface area contributed by atoms with Crippen molar-refractivity contribution in [2.45, 2.75) is 26.3 Å². The zero-order valence-electron chi connectivity index (χ0n) is 10.7. The summed E-state index contributed by atoms with van der Waals surface area (Å²) in [5, 5.41) is 0. The van der Waals surface area contributed by atoms with E-state index in [4.69, 9.17) is 0 Å². The summed E-state index contributed by atoms with van der Waals surface area (Å²) in [7, 11) is 0. The molecule has 0 amide bonds. The van der Waals surface area contributed by atoms with Gasteiger partial charge in [-0.15, -0.1) is 13.2 Å². The van der Waals surface area contributed by atoms with Gasteiger partial charge in [-0.1, -0.05) is 0 Å². The third-order valence-electron chi connectivity index (χ3n) is 2.12. The highest BCUT2D eigenvalue weighted by molar-refractivity contribution is 5.73. The molecule has 0 bridgehead atoms. The molecule has 1 aromatic rings. The van der Waals surface area contributed by atoms with Crippen LogP contribution < -0.4 is 9.47 Å². The molecule has 0 N–H and O–H groups in total. The lowest BCUT2D eigenvalue weighted by atomic mass is 10.1. The summed E-state index contributed by atoms with van der Waals surface area (Å²) in [6.45, 7) is -1.60. The first-order chi connectivity index (χ1) is 9.71. The molecule has 0 aliphatic rings. The molecular formula is C12H11F5O4. The molecule has 21 heavy (non-hydrogen) atoms. The van der Waals surface area contributed by atoms with Crippen molar-refractivity contribution in [2.75, 3.05) is 6.61 Å². The summed E-state index contributed by atoms with van der Waals surface area (Å²) in [5.74, 6) is -1.89. The van der Waals surface area contributed by atoms with E-state index in [1.165, 1.54) is 6.92 Å². The van der Waals surface area contributed by atoms with E-state index in [2.05, 4.69) is 14.2 Å². The fraction of sp³-hybridized carbons (Fsp3) is 0.417. The molecule has 0 heterocycles. The molecule has 118 valence electrons. The number of alkyl halides is 5. The molecule has 1 aromatic carbocycles. The Morgan fingerprint density at radius 1 is 1.29 bits per heavy atom. The third-order valence-corrected chi connectivity index (χ3v) is 2.12. The summed E-state index contributed by atoms with van der Waals surface area (Å²) < 4.78 is 73.2. The van der Waals surface area contributed by atoms with Crippen LogP contribution in [-0.4, -0.2) is 25.6 Å². The Hall–Kier alpha value is -2.06. The van der Waals surface area contributed by atoms with Crippen LogP contribution in [0, 0.1) is 0 Å². The minimum atomic E-state index is -4.98. The molecule has 0 unspecified atom stereocenters. The number of ether oxygens (including phenoxy) is 3. The van der Waals surface area contributed by atoms with Crippen LogP contribution in [0.15, 0.2) is 18.2 Å². The minimum Gasteiger partial charge on any atom is -0.466 e. The van der Waals surface area contributed by atoms with E-state index in [0.717, 1.165) is 18.2 Å². The molecule has 0 aliphatic heterocycles. The number of carbonyl (C=O) groups is 1. The van der Waals surface area contributed by atoms with Crippen LogP contribution in [0.2, 0.25) is 0 Å². The van der Waals surface area contributed by atoms with Gasteiger partial charge in [-0.25, -0.2) is 0 Å². The Labute approximate surface area is 116 Å². The minimum absolute atomic E-state index is 0.0293. The maximum Gasteiger partial charge on any atom is 0.573 e. The lowest BCUT2D eigenvalue weighted by Gasteiger charge is -2.14. The second kappa shape index (κ2) is 7.09. The van der Waals surface area contributed by atoms with Crippen LogP contribution in [0.25, 0.3) is 0 Å². The molecule has 9 heteroatoms. The van der Waals surface area contributed by atoms with Gasteiger partial charge in [-0.2, -0.15) is 8.78 Å². The van der Waals surface area contributed by atoms with Gasteiger partial charge in [-0.05, 0) is 25.1 Å². The molecule has 0 fully saturated rings. The van der Waals surface area contributed by atoms with Crippen LogP contribution in [0.3, 0.4) is 0 Å². The quantitative estimate of drug-likeness (QED) is 0.597. The van der Waals surface area contributed by atoms with Crippen molar-refractivity contribution >= 4 is 5.97 Å². The average molecular weight is 314 g/mol. The summed E-state index contributed by atoms with van der Waals surface area (Å²) in [6.07, 6.45) is -5.55. The maximum atomic E-state index is 12.2. The number of carbonyl (C=O) groups excluding carboxylic acids is 1. The van der Waals surface area contributed by atoms with Crippen molar-refractivity contribution in [1.29, 1.82) is 0 Å². The monoisotopic (exact) mass is 314 g/mol. The second-order valence-corrected chi connectivity index (χ2v) is 3.68. The molecule has 0 atom stereocenters. The molecular weight excluding hydrogens is 303 g/mol. The van der Waals surface area contributed by atoms with Gasteiger partial charge >= 0.3 is 18.9 Å². The maximum absolute atomic E-state index is 12.2. The van der Waals surface area contributed by atoms with Crippen LogP contribution in [0.1, 0.15) is 12.5 Å². The van der Waals surface area contributed by atoms with E-state index in [-0.39, 0.29) is 17.9 Å². The van der Waals surface area contributed by atoms with Gasteiger partial charge in [-0.3, -0.25) is 4.79 Å². The lowest BCUT2D eigenvalue weighted by Crippen LogP contribution is -2.19. The van der Waals surface area contributed by atoms with Crippen LogP contribution >= 0.6 is 0 Å². The fourth-order valence-corrected chi connectivity index (χ4v) is 1.46. The molecule has 0 aliphatic carbocycles. The van der Waals surface area contributed by atoms with Gasteiger partial charge < -0.3 is 14.2 Å². The predicted octanol–water partition coefficient (Wildman–Crippen LogP) is 3.29. The van der Waals surface area contributed by atoms with E-state index >= 15 is 0 Å². The van der Waals surface area contributed by atoms with Crippen molar-refractivity contribution in [3.8, 4) is 11.5 Å². The fourth-order valence-electron chi connectivity index (χ4n) is 1.46. The van der Waals surface area contributed by atoms with E-state index in [9.17, 15) is 26.7 Å². The number of benzene rings is 1. The first-order valence-corrected chi connectivity index (χ1v) is 5.70. The molecule has 0 saturated heterocycles. The van der Waals surface area contributed by atoms with Gasteiger partial charge in [0.15, 0.2) is 0 Å². The SMILES string of the molecule is CCOC(=O)Cc1cc(OC(F)F)ccc1OC(F)(F)F. The normalized spacial score (nSPS) is 11.4. The van der Waals surface area contributed by atoms with Crippen LogP contribution in [0.4, 0.5) is 22.0 Å². The van der Waals surface area contributed by atoms with E-state index in [1.54, 1.807) is 0 Å². The van der Waals surface area contributed by atoms with Gasteiger partial charge in [0.25, 0.3) is 0 Å². The van der Waals surface area contributed by atoms with Crippen molar-refractivity contribution < 1.29 is 41.0 Å². The summed E-state index contributed by atoms with van der Waals surface area (Å²) >= 11 is 0. The highest BCUT2D eigenvalue weighted by Gasteiger charge is 2.32. The summed E-state index contributed by atoms with van der Waals surface area (Å²) in [6, 6.07) is 2.53. The van der Waals surface area contributed by atoms with E-state index < -0.39 is 31.1 Å². The van der Waals surface area contributed by atoms with Crippen molar-refractivity contribution in [1.82, 2.24) is 0 Å². The molecule has 0 aromatic heterocycles. The smallest absolute Gasteiger partial charge is 0.466 e. The van der Waals surface area contributed by atoms with E-state index in [0.29, 0.717) is 0 Å². The Morgan fingerprint density at radius 3 is 2.48 bits per heavy atom. The van der Waals surface area contributed by atoms with Gasteiger partial charge in [0.2, 0.25) is 0 Å². The summed E-state index contributed by atoms with van der Waals surface area (Å²) in [4.78, 5) is 11.3. The first-order valence-electron chi connectivity index (χ1n) is 5.70. The zero-order valence-corrected chi connectivity index (χ0v) is 10.7. The molecule has 4 nitrogen and oxygen atoms in total. The number of halogens is 5. The Bertz CT molecular complexity index is 487. The topological polar surface area (TPSA) is 44.8 Å². The number of hydrogen-bond acceptors (Lipinski definition) is 4. The number of esters is 1. The molecule has 1 rings (SSSR count). The van der Waals surface area contributed by atoms with E-state index in [1.807, 2.05) is 0 Å². The number of rotatable bonds is 6. The van der Waals surface area contributed by atoms with Gasteiger partial charge in [0, 0.05) is 5.56 Å². The van der Waals surface area contributed by atoms with Crippen LogP contribution in [0.5, 0.6) is 11.5 Å².